The molecule has 0 saturated heterocycles. The van der Waals surface area contributed by atoms with Crippen LogP contribution in [0, 0.1) is 5.82 Å². The Morgan fingerprint density at radius 1 is 0.966 bits per heavy atom. The normalized spacial score (nSPS) is 10.6. The lowest BCUT2D eigenvalue weighted by Crippen LogP contribution is -2.11. The number of benzene rings is 3. The van der Waals surface area contributed by atoms with Crippen molar-refractivity contribution in [3.05, 3.63) is 94.6 Å². The van der Waals surface area contributed by atoms with Crippen LogP contribution < -0.4 is 10.6 Å². The number of para-hydroxylation sites is 1. The van der Waals surface area contributed by atoms with E-state index < -0.39 is 0 Å². The van der Waals surface area contributed by atoms with Crippen LogP contribution in [0.3, 0.4) is 0 Å². The summed E-state index contributed by atoms with van der Waals surface area (Å²) in [4.78, 5) is 16.8. The lowest BCUT2D eigenvalue weighted by molar-refractivity contribution is 0.102. The van der Waals surface area contributed by atoms with Gasteiger partial charge in [0.15, 0.2) is 5.13 Å². The van der Waals surface area contributed by atoms with Gasteiger partial charge in [-0.3, -0.25) is 4.79 Å². The van der Waals surface area contributed by atoms with Crippen molar-refractivity contribution in [2.45, 2.75) is 0 Å². The predicted octanol–water partition coefficient (Wildman–Crippen LogP) is 6.60. The number of nitrogens with zero attached hydrogens (tertiary/aromatic N) is 1. The van der Waals surface area contributed by atoms with Crippen LogP contribution in [0.1, 0.15) is 10.4 Å². The van der Waals surface area contributed by atoms with Crippen molar-refractivity contribution >= 4 is 45.4 Å². The minimum atomic E-state index is -0.377. The Morgan fingerprint density at radius 2 is 1.69 bits per heavy atom. The Balaban J connectivity index is 1.44. The lowest BCUT2D eigenvalue weighted by Gasteiger charge is -2.06. The molecular weight excluding hydrogens is 409 g/mol. The van der Waals surface area contributed by atoms with E-state index in [-0.39, 0.29) is 11.7 Å². The van der Waals surface area contributed by atoms with E-state index in [4.69, 9.17) is 11.6 Å². The molecule has 0 radical (unpaired) electrons. The average Bonchev–Trinajstić information content (AvgIpc) is 3.19. The van der Waals surface area contributed by atoms with Crippen LogP contribution in [0.4, 0.5) is 20.9 Å². The van der Waals surface area contributed by atoms with Gasteiger partial charge in [-0.2, -0.15) is 0 Å². The number of aromatic nitrogens is 1. The summed E-state index contributed by atoms with van der Waals surface area (Å²) in [5.74, 6) is -0.671. The number of hydrogen-bond donors (Lipinski definition) is 2. The van der Waals surface area contributed by atoms with Crippen molar-refractivity contribution in [2.75, 3.05) is 10.6 Å². The highest BCUT2D eigenvalue weighted by atomic mass is 35.5. The lowest BCUT2D eigenvalue weighted by atomic mass is 10.1. The van der Waals surface area contributed by atoms with E-state index in [2.05, 4.69) is 15.6 Å². The fourth-order valence-electron chi connectivity index (χ4n) is 2.67. The third kappa shape index (κ3) is 4.62. The number of anilines is 3. The molecule has 29 heavy (non-hydrogen) atoms. The number of carbonyl (C=O) groups is 1. The van der Waals surface area contributed by atoms with Crippen molar-refractivity contribution in [3.8, 4) is 11.3 Å². The van der Waals surface area contributed by atoms with Gasteiger partial charge in [-0.05, 0) is 48.5 Å². The van der Waals surface area contributed by atoms with E-state index in [0.717, 1.165) is 22.1 Å². The molecule has 1 amide bonds. The molecule has 0 spiro atoms. The third-order valence-electron chi connectivity index (χ3n) is 4.16. The summed E-state index contributed by atoms with van der Waals surface area (Å²) in [5.41, 5.74) is 3.58. The largest absolute Gasteiger partial charge is 0.330 e. The van der Waals surface area contributed by atoms with Gasteiger partial charge in [0.2, 0.25) is 0 Å². The van der Waals surface area contributed by atoms with Crippen molar-refractivity contribution < 1.29 is 9.18 Å². The van der Waals surface area contributed by atoms with Gasteiger partial charge < -0.3 is 10.6 Å². The Kier molecular flexibility index (Phi) is 5.55. The summed E-state index contributed by atoms with van der Waals surface area (Å²) in [6.07, 6.45) is 0. The van der Waals surface area contributed by atoms with Crippen LogP contribution >= 0.6 is 22.9 Å². The second kappa shape index (κ2) is 8.43. The summed E-state index contributed by atoms with van der Waals surface area (Å²) in [6, 6.07) is 20.3. The molecule has 4 aromatic rings. The first-order valence-electron chi connectivity index (χ1n) is 8.73. The van der Waals surface area contributed by atoms with Crippen LogP contribution in [-0.4, -0.2) is 10.9 Å². The van der Waals surface area contributed by atoms with Crippen molar-refractivity contribution in [3.63, 3.8) is 0 Å². The third-order valence-corrected chi connectivity index (χ3v) is 5.25. The predicted molar refractivity (Wildman–Crippen MR) is 117 cm³/mol. The Hall–Kier alpha value is -3.22. The Morgan fingerprint density at radius 3 is 2.41 bits per heavy atom. The van der Waals surface area contributed by atoms with E-state index in [9.17, 15) is 9.18 Å². The SMILES string of the molecule is O=C(Nc1ccc(-c2csc(Nc3ccccc3Cl)n2)cc1)c1ccc(F)cc1. The molecule has 0 bridgehead atoms. The minimum absolute atomic E-state index is 0.294. The molecule has 0 unspecified atom stereocenters. The molecular formula is C22H15ClFN3OS. The monoisotopic (exact) mass is 423 g/mol. The van der Waals surface area contributed by atoms with Crippen LogP contribution in [0.15, 0.2) is 78.2 Å². The number of thiazole rings is 1. The molecule has 1 aromatic heterocycles. The van der Waals surface area contributed by atoms with E-state index >= 15 is 0 Å². The summed E-state index contributed by atoms with van der Waals surface area (Å²) < 4.78 is 13.0. The first-order chi connectivity index (χ1) is 14.1. The summed E-state index contributed by atoms with van der Waals surface area (Å²) in [6.45, 7) is 0. The molecule has 0 aliphatic carbocycles. The van der Waals surface area contributed by atoms with Gasteiger partial charge >= 0.3 is 0 Å². The molecule has 0 saturated carbocycles. The molecule has 144 valence electrons. The van der Waals surface area contributed by atoms with Crippen molar-refractivity contribution in [1.29, 1.82) is 0 Å². The van der Waals surface area contributed by atoms with E-state index in [1.54, 1.807) is 12.1 Å². The molecule has 3 aromatic carbocycles. The number of halogens is 2. The highest BCUT2D eigenvalue weighted by Gasteiger charge is 2.09. The quantitative estimate of drug-likeness (QED) is 0.380. The van der Waals surface area contributed by atoms with Gasteiger partial charge in [0.05, 0.1) is 16.4 Å². The Labute approximate surface area is 176 Å². The van der Waals surface area contributed by atoms with Crippen LogP contribution in [0.25, 0.3) is 11.3 Å². The zero-order valence-corrected chi connectivity index (χ0v) is 16.6. The average molecular weight is 424 g/mol. The van der Waals surface area contributed by atoms with Gasteiger partial charge in [0.25, 0.3) is 5.91 Å². The molecule has 1 heterocycles. The topological polar surface area (TPSA) is 54.0 Å². The molecule has 4 rings (SSSR count). The Bertz CT molecular complexity index is 1140. The van der Waals surface area contributed by atoms with Crippen molar-refractivity contribution in [1.82, 2.24) is 4.98 Å². The van der Waals surface area contributed by atoms with Crippen molar-refractivity contribution in [2.24, 2.45) is 0 Å². The van der Waals surface area contributed by atoms with Gasteiger partial charge in [0.1, 0.15) is 5.82 Å². The number of rotatable bonds is 5. The zero-order valence-electron chi connectivity index (χ0n) is 15.0. The fourth-order valence-corrected chi connectivity index (χ4v) is 3.59. The number of nitrogens with one attached hydrogen (secondary N) is 2. The van der Waals surface area contributed by atoms with Gasteiger partial charge in [0, 0.05) is 22.2 Å². The van der Waals surface area contributed by atoms with E-state index in [1.807, 2.05) is 41.8 Å². The maximum Gasteiger partial charge on any atom is 0.255 e. The second-order valence-electron chi connectivity index (χ2n) is 6.18. The standard InChI is InChI=1S/C22H15ClFN3OS/c23-18-3-1-2-4-19(18)26-22-27-20(13-29-22)14-7-11-17(12-8-14)25-21(28)15-5-9-16(24)10-6-15/h1-13H,(H,25,28)(H,26,27). The number of hydrogen-bond acceptors (Lipinski definition) is 4. The van der Waals surface area contributed by atoms with E-state index in [0.29, 0.717) is 16.3 Å². The zero-order chi connectivity index (χ0) is 20.2. The highest BCUT2D eigenvalue weighted by molar-refractivity contribution is 7.14. The molecule has 0 aliphatic rings. The van der Waals surface area contributed by atoms with Crippen LogP contribution in [-0.2, 0) is 0 Å². The molecule has 2 N–H and O–H groups in total. The summed E-state index contributed by atoms with van der Waals surface area (Å²) >= 11 is 7.65. The fraction of sp³-hybridized carbons (Fsp3) is 0. The molecule has 0 atom stereocenters. The van der Waals surface area contributed by atoms with E-state index in [1.165, 1.54) is 35.6 Å². The molecule has 0 fully saturated rings. The maximum atomic E-state index is 13.0. The molecule has 0 aliphatic heterocycles. The second-order valence-corrected chi connectivity index (χ2v) is 7.45. The van der Waals surface area contributed by atoms with Crippen LogP contribution in [0.5, 0.6) is 0 Å². The van der Waals surface area contributed by atoms with Crippen LogP contribution in [0.2, 0.25) is 5.02 Å². The smallest absolute Gasteiger partial charge is 0.255 e. The van der Waals surface area contributed by atoms with Gasteiger partial charge in [-0.1, -0.05) is 35.9 Å². The highest BCUT2D eigenvalue weighted by Crippen LogP contribution is 2.30. The molecule has 4 nitrogen and oxygen atoms in total. The minimum Gasteiger partial charge on any atom is -0.330 e. The first-order valence-corrected chi connectivity index (χ1v) is 9.99. The summed E-state index contributed by atoms with van der Waals surface area (Å²) in [7, 11) is 0. The number of amides is 1. The maximum absolute atomic E-state index is 13.0. The van der Waals surface area contributed by atoms with Gasteiger partial charge in [-0.15, -0.1) is 11.3 Å². The summed E-state index contributed by atoms with van der Waals surface area (Å²) in [5, 5.41) is 9.33. The van der Waals surface area contributed by atoms with Gasteiger partial charge in [-0.25, -0.2) is 9.37 Å². The molecule has 7 heteroatoms. The first kappa shape index (κ1) is 19.1. The number of carbonyl (C=O) groups excluding carboxylic acids is 1.